The van der Waals surface area contributed by atoms with Crippen molar-refractivity contribution in [3.05, 3.63) is 145 Å². The van der Waals surface area contributed by atoms with Crippen LogP contribution in [0.25, 0.3) is 94.9 Å². The SMILES string of the molecule is C=C(Nc1cncc(-c2cc3c(-c4nc5c(N6CCN(C)CC6)nccc5[nH]4)n[nH]c3cc2F)c1)c1ccccc1.CC.CN1CCN(c2nccc3[nH]c(-c4n[nH]c5cc(F)c(-c6cncc(CN7CCCC7)c6)cc45)nc23)CC1. The lowest BCUT2D eigenvalue weighted by molar-refractivity contribution is 0.312. The van der Waals surface area contributed by atoms with E-state index in [2.05, 4.69) is 101 Å². The van der Waals surface area contributed by atoms with E-state index >= 15 is 8.78 Å². The maximum absolute atomic E-state index is 15.4. The van der Waals surface area contributed by atoms with Crippen LogP contribution in [0.4, 0.5) is 26.1 Å². The molecule has 0 amide bonds. The number of H-pyrrole nitrogens is 4. The second kappa shape index (κ2) is 23.0. The third-order valence-corrected chi connectivity index (χ3v) is 15.3. The van der Waals surface area contributed by atoms with Crippen LogP contribution >= 0.6 is 0 Å². The molecule has 412 valence electrons. The van der Waals surface area contributed by atoms with Gasteiger partial charge >= 0.3 is 0 Å². The van der Waals surface area contributed by atoms with Crippen molar-refractivity contribution in [3.63, 3.8) is 0 Å². The minimum Gasteiger partial charge on any atom is -0.354 e. The molecule has 0 spiro atoms. The maximum atomic E-state index is 15.4. The first kappa shape index (κ1) is 52.7. The summed E-state index contributed by atoms with van der Waals surface area (Å²) in [6, 6.07) is 24.2. The van der Waals surface area contributed by atoms with Gasteiger partial charge in [0.15, 0.2) is 23.3 Å². The quantitative estimate of drug-likeness (QED) is 0.0821. The molecule has 8 aromatic heterocycles. The predicted molar refractivity (Wildman–Crippen MR) is 319 cm³/mol. The van der Waals surface area contributed by atoms with Gasteiger partial charge in [-0.05, 0) is 87.6 Å². The predicted octanol–water partition coefficient (Wildman–Crippen LogP) is 10.6. The summed E-state index contributed by atoms with van der Waals surface area (Å²) < 4.78 is 30.7. The number of anilines is 3. The number of likely N-dealkylation sites (N-methyl/N-ethyl adjacent to an activating group) is 2. The molecule has 0 unspecified atom stereocenters. The first-order chi connectivity index (χ1) is 39.6. The lowest BCUT2D eigenvalue weighted by Gasteiger charge is -2.33. The molecule has 3 aliphatic heterocycles. The Kier molecular flexibility index (Phi) is 15.0. The van der Waals surface area contributed by atoms with Gasteiger partial charge in [0.25, 0.3) is 0 Å². The lowest BCUT2D eigenvalue weighted by Crippen LogP contribution is -2.44. The molecule has 3 aliphatic rings. The molecule has 3 fully saturated rings. The van der Waals surface area contributed by atoms with Crippen LogP contribution in [-0.2, 0) is 6.54 Å². The van der Waals surface area contributed by atoms with E-state index < -0.39 is 0 Å². The van der Waals surface area contributed by atoms with Gasteiger partial charge in [-0.3, -0.25) is 25.1 Å². The van der Waals surface area contributed by atoms with E-state index in [0.29, 0.717) is 56.4 Å². The monoisotopic (exact) mass is 1090 g/mol. The summed E-state index contributed by atoms with van der Waals surface area (Å²) in [5.41, 5.74) is 11.7. The second-order valence-electron chi connectivity index (χ2n) is 20.7. The van der Waals surface area contributed by atoms with Crippen molar-refractivity contribution in [2.24, 2.45) is 0 Å². The van der Waals surface area contributed by atoms with E-state index in [4.69, 9.17) is 9.97 Å². The van der Waals surface area contributed by atoms with Crippen molar-refractivity contribution in [3.8, 4) is 45.3 Å². The van der Waals surface area contributed by atoms with E-state index in [1.54, 1.807) is 30.9 Å². The number of pyridine rings is 4. The van der Waals surface area contributed by atoms with Crippen LogP contribution in [0.2, 0.25) is 0 Å². The summed E-state index contributed by atoms with van der Waals surface area (Å²) >= 11 is 0. The molecule has 18 nitrogen and oxygen atoms in total. The number of hydrogen-bond donors (Lipinski definition) is 5. The molecular weight excluding hydrogens is 1020 g/mol. The third-order valence-electron chi connectivity index (χ3n) is 15.3. The maximum Gasteiger partial charge on any atom is 0.159 e. The van der Waals surface area contributed by atoms with Crippen LogP contribution in [0.3, 0.4) is 0 Å². The number of halogens is 2. The highest BCUT2D eigenvalue weighted by molar-refractivity contribution is 5.99. The lowest BCUT2D eigenvalue weighted by atomic mass is 10.0. The molecular formula is C61H64F2N18. The Morgan fingerprint density at radius 2 is 1.09 bits per heavy atom. The van der Waals surface area contributed by atoms with Gasteiger partial charge < -0.3 is 34.9 Å². The van der Waals surface area contributed by atoms with E-state index in [1.807, 2.05) is 86.9 Å². The van der Waals surface area contributed by atoms with Gasteiger partial charge in [-0.25, -0.2) is 28.7 Å². The Morgan fingerprint density at radius 3 is 1.62 bits per heavy atom. The highest BCUT2D eigenvalue weighted by atomic mass is 19.1. The number of aromatic nitrogens is 12. The molecule has 0 saturated carbocycles. The molecule has 0 bridgehead atoms. The summed E-state index contributed by atoms with van der Waals surface area (Å²) in [5, 5.41) is 19.8. The molecule has 3 saturated heterocycles. The molecule has 14 rings (SSSR count). The smallest absolute Gasteiger partial charge is 0.159 e. The molecule has 11 heterocycles. The normalized spacial score (nSPS) is 15.3. The molecule has 81 heavy (non-hydrogen) atoms. The van der Waals surface area contributed by atoms with Crippen molar-refractivity contribution in [1.82, 2.24) is 75.0 Å². The molecule has 0 aliphatic carbocycles. The first-order valence-electron chi connectivity index (χ1n) is 27.7. The Morgan fingerprint density at radius 1 is 0.580 bits per heavy atom. The molecule has 11 aromatic rings. The van der Waals surface area contributed by atoms with Gasteiger partial charge in [0.1, 0.15) is 34.1 Å². The number of nitrogens with one attached hydrogen (secondary N) is 5. The standard InChI is InChI=1S/C31H28FN9.C28H30FN9.C2H6/c1-19(20-6-4-3-5-7-20)35-22-14-21(17-33-18-22)23-15-24-27(16-25(23)32)38-39-28(24)30-36-26-8-9-34-31(29(26)37-30)41-12-10-40(2)11-13-41;1-36-8-10-38(11-9-36)28-26-23(4-5-31-28)32-27(33-26)25-21-13-20(22(29)14-24(21)34-35-25)19-12-18(15-30-16-19)17-37-6-2-3-7-37;1-2/h3-9,14-18,35H,1,10-13H2,2H3,(H,36,37)(H,38,39);4-5,12-16H,2-3,6-11,17H2,1H3,(H,32,33)(H,34,35);1-2H3. The highest BCUT2D eigenvalue weighted by Gasteiger charge is 2.25. The largest absolute Gasteiger partial charge is 0.354 e. The van der Waals surface area contributed by atoms with Crippen molar-refractivity contribution in [2.45, 2.75) is 33.2 Å². The molecule has 3 aromatic carbocycles. The van der Waals surface area contributed by atoms with Gasteiger partial charge in [-0.2, -0.15) is 10.2 Å². The summed E-state index contributed by atoms with van der Waals surface area (Å²) in [5.74, 6) is 2.29. The van der Waals surface area contributed by atoms with E-state index in [9.17, 15) is 0 Å². The minimum absolute atomic E-state index is 0.306. The van der Waals surface area contributed by atoms with Gasteiger partial charge in [0, 0.05) is 141 Å². The number of benzene rings is 3. The number of nitrogens with zero attached hydrogens (tertiary/aromatic N) is 13. The first-order valence-corrected chi connectivity index (χ1v) is 27.7. The zero-order valence-corrected chi connectivity index (χ0v) is 45.9. The second-order valence-corrected chi connectivity index (χ2v) is 20.7. The van der Waals surface area contributed by atoms with Crippen LogP contribution in [0.5, 0.6) is 0 Å². The summed E-state index contributed by atoms with van der Waals surface area (Å²) in [7, 11) is 4.26. The highest BCUT2D eigenvalue weighted by Crippen LogP contribution is 2.37. The van der Waals surface area contributed by atoms with Crippen LogP contribution < -0.4 is 15.1 Å². The van der Waals surface area contributed by atoms with Crippen LogP contribution in [-0.4, -0.2) is 155 Å². The number of rotatable bonds is 11. The average molecular weight is 1090 g/mol. The van der Waals surface area contributed by atoms with Crippen molar-refractivity contribution < 1.29 is 8.78 Å². The zero-order valence-electron chi connectivity index (χ0n) is 45.9. The number of imidazole rings is 2. The summed E-state index contributed by atoms with van der Waals surface area (Å²) in [4.78, 5) is 46.4. The number of fused-ring (bicyclic) bond motifs is 4. The Balaban J connectivity index is 0.000000156. The average Bonchev–Trinajstić information content (AvgIpc) is 4.52. The van der Waals surface area contributed by atoms with E-state index in [-0.39, 0.29) is 11.6 Å². The van der Waals surface area contributed by atoms with Crippen LogP contribution in [0, 0.1) is 11.6 Å². The van der Waals surface area contributed by atoms with Crippen LogP contribution in [0.15, 0.2) is 123 Å². The number of piperazine rings is 2. The van der Waals surface area contributed by atoms with E-state index in [1.165, 1.54) is 25.0 Å². The van der Waals surface area contributed by atoms with Crippen molar-refractivity contribution >= 4 is 66.9 Å². The zero-order chi connectivity index (χ0) is 55.6. The Labute approximate surface area is 467 Å². The fourth-order valence-corrected chi connectivity index (χ4v) is 10.9. The molecule has 0 radical (unpaired) electrons. The van der Waals surface area contributed by atoms with Gasteiger partial charge in [0.05, 0.1) is 34.0 Å². The van der Waals surface area contributed by atoms with Crippen molar-refractivity contribution in [2.75, 3.05) is 94.7 Å². The minimum atomic E-state index is -0.375. The van der Waals surface area contributed by atoms with Gasteiger partial charge in [-0.1, -0.05) is 50.8 Å². The van der Waals surface area contributed by atoms with E-state index in [0.717, 1.165) is 139 Å². The summed E-state index contributed by atoms with van der Waals surface area (Å²) in [6.07, 6.45) is 13.0. The Hall–Kier alpha value is -8.98. The third kappa shape index (κ3) is 10.9. The van der Waals surface area contributed by atoms with Crippen LogP contribution in [0.1, 0.15) is 37.8 Å². The number of hydrogen-bond acceptors (Lipinski definition) is 14. The Bertz CT molecular complexity index is 4010. The topological polar surface area (TPSA) is 195 Å². The summed E-state index contributed by atoms with van der Waals surface area (Å²) in [6.45, 7) is 18.7. The van der Waals surface area contributed by atoms with Gasteiger partial charge in [0.2, 0.25) is 0 Å². The number of aromatic amines is 4. The fourth-order valence-electron chi connectivity index (χ4n) is 10.9. The number of likely N-dealkylation sites (tertiary alicyclic amines) is 1. The molecule has 5 N–H and O–H groups in total. The molecule has 20 heteroatoms. The van der Waals surface area contributed by atoms with Gasteiger partial charge in [-0.15, -0.1) is 0 Å². The molecule has 0 atom stereocenters. The fraction of sp³-hybridized carbons (Fsp3) is 0.279. The van der Waals surface area contributed by atoms with Crippen molar-refractivity contribution in [1.29, 1.82) is 0 Å².